The quantitative estimate of drug-likeness (QED) is 0.101. The minimum absolute atomic E-state index is 0.335. The highest BCUT2D eigenvalue weighted by Crippen LogP contribution is 2.59. The van der Waals surface area contributed by atoms with E-state index < -0.39 is 33.6 Å². The molecule has 6 rings (SSSR count). The molecule has 0 fully saturated rings. The molecule has 13 heteroatoms. The van der Waals surface area contributed by atoms with Gasteiger partial charge < -0.3 is 31.9 Å². The molecule has 0 spiro atoms. The number of hydrogen-bond donors (Lipinski definition) is 0. The normalized spacial score (nSPS) is 12.3. The highest BCUT2D eigenvalue weighted by molar-refractivity contribution is 7.43. The van der Waals surface area contributed by atoms with Crippen molar-refractivity contribution in [2.24, 2.45) is 0 Å². The lowest BCUT2D eigenvalue weighted by atomic mass is 9.74. The van der Waals surface area contributed by atoms with Crippen molar-refractivity contribution in [3.05, 3.63) is 157 Å². The lowest BCUT2D eigenvalue weighted by Crippen LogP contribution is -2.25. The second kappa shape index (κ2) is 20.9. The minimum Gasteiger partial charge on any atom is -0.488 e. The lowest BCUT2D eigenvalue weighted by molar-refractivity contribution is 0.129. The molecule has 6 aromatic carbocycles. The molecule has 0 heterocycles. The maximum absolute atomic E-state index is 7.34. The van der Waals surface area contributed by atoms with Crippen molar-refractivity contribution in [3.63, 3.8) is 0 Å². The summed E-state index contributed by atoms with van der Waals surface area (Å²) >= 11 is 27.1. The summed E-state index contributed by atoms with van der Waals surface area (Å²) < 4.78 is 48.2. The smallest absolute Gasteiger partial charge is 0.488 e. The van der Waals surface area contributed by atoms with Crippen LogP contribution in [0.1, 0.15) is 111 Å². The molecule has 0 bridgehead atoms. The zero-order valence-electron chi connectivity index (χ0n) is 40.7. The van der Waals surface area contributed by atoms with E-state index in [0.717, 1.165) is 33.4 Å². The molecule has 0 unspecified atom stereocenters. The van der Waals surface area contributed by atoms with Crippen LogP contribution in [0.2, 0.25) is 20.1 Å². The third-order valence-corrected chi connectivity index (χ3v) is 13.8. The Hall–Kier alpha value is -4.06. The molecule has 356 valence electrons. The Balaban J connectivity index is 1.76. The van der Waals surface area contributed by atoms with E-state index in [2.05, 4.69) is 81.4 Å². The molecular weight excluding hydrogens is 964 g/mol. The van der Waals surface area contributed by atoms with Crippen molar-refractivity contribution >= 4 is 63.6 Å². The third kappa shape index (κ3) is 13.0. The summed E-state index contributed by atoms with van der Waals surface area (Å²) in [6.45, 7) is 29.7. The average molecular weight is 1020 g/mol. The van der Waals surface area contributed by atoms with Crippen LogP contribution in [-0.2, 0) is 16.2 Å². The first-order chi connectivity index (χ1) is 31.2. The van der Waals surface area contributed by atoms with Crippen molar-refractivity contribution in [3.8, 4) is 51.4 Å². The van der Waals surface area contributed by atoms with Gasteiger partial charge in [-0.15, -0.1) is 0 Å². The predicted octanol–water partition coefficient (Wildman–Crippen LogP) is 19.2. The molecule has 0 N–H and O–H groups in total. The van der Waals surface area contributed by atoms with Crippen LogP contribution in [0.3, 0.4) is 0 Å². The Kier molecular flexibility index (Phi) is 16.3. The second-order valence-electron chi connectivity index (χ2n) is 20.2. The van der Waals surface area contributed by atoms with Crippen molar-refractivity contribution in [1.82, 2.24) is 0 Å². The highest BCUT2D eigenvalue weighted by atomic mass is 35.5. The van der Waals surface area contributed by atoms with Crippen LogP contribution in [0.15, 0.2) is 109 Å². The van der Waals surface area contributed by atoms with Gasteiger partial charge in [0.2, 0.25) is 0 Å². The lowest BCUT2D eigenvalue weighted by Gasteiger charge is -2.35. The van der Waals surface area contributed by atoms with Crippen LogP contribution in [0.4, 0.5) is 0 Å². The Morgan fingerprint density at radius 3 is 0.955 bits per heavy atom. The van der Waals surface area contributed by atoms with Crippen LogP contribution in [0, 0.1) is 13.8 Å². The summed E-state index contributed by atoms with van der Waals surface area (Å²) in [6, 6.07) is 33.1. The molecular formula is C54H60Cl4O7P2. The number of ether oxygens (including phenoxy) is 1. The Morgan fingerprint density at radius 2 is 0.657 bits per heavy atom. The van der Waals surface area contributed by atoms with E-state index in [1.54, 1.807) is 48.5 Å². The molecule has 0 aliphatic carbocycles. The Bertz CT molecular complexity index is 2620. The van der Waals surface area contributed by atoms with Gasteiger partial charge in [-0.3, -0.25) is 0 Å². The van der Waals surface area contributed by atoms with E-state index in [9.17, 15) is 0 Å². The second-order valence-corrected chi connectivity index (χ2v) is 23.9. The van der Waals surface area contributed by atoms with Crippen LogP contribution >= 0.6 is 63.6 Å². The summed E-state index contributed by atoms with van der Waals surface area (Å²) in [4.78, 5) is 0. The third-order valence-electron chi connectivity index (χ3n) is 10.5. The molecule has 6 aromatic rings. The standard InChI is InChI=1S/C54H60Cl4O7P2/c1-33-35(51(3,4)5)31-36(52(6,7)8)49(64-66(60-42-27-19-15-23-38(42)55)61-43-28-20-16-24-39(43)56)47(33)48-34(2)46(59-54(12,13)14)32-37(53(9,10)11)50(48)65-67(62-44-29-21-17-25-40(44)57)63-45-30-22-18-26-41(45)58/h15-32H,1-14H3. The van der Waals surface area contributed by atoms with Crippen molar-refractivity contribution in [2.75, 3.05) is 0 Å². The molecule has 0 amide bonds. The van der Waals surface area contributed by atoms with Gasteiger partial charge in [0.05, 0.1) is 20.1 Å². The summed E-state index contributed by atoms with van der Waals surface area (Å²) in [5, 5.41) is 1.53. The maximum Gasteiger partial charge on any atom is 0.530 e. The van der Waals surface area contributed by atoms with Gasteiger partial charge in [-0.2, -0.15) is 0 Å². The van der Waals surface area contributed by atoms with Crippen LogP contribution in [-0.4, -0.2) is 5.60 Å². The van der Waals surface area contributed by atoms with Gasteiger partial charge in [-0.25, -0.2) is 0 Å². The summed E-state index contributed by atoms with van der Waals surface area (Å²) in [7, 11) is -4.66. The van der Waals surface area contributed by atoms with Gasteiger partial charge in [-0.1, -0.05) is 163 Å². The van der Waals surface area contributed by atoms with Crippen molar-refractivity contribution < 1.29 is 31.9 Å². The van der Waals surface area contributed by atoms with Crippen molar-refractivity contribution in [2.45, 2.75) is 119 Å². The van der Waals surface area contributed by atoms with Gasteiger partial charge in [-0.05, 0) is 117 Å². The van der Waals surface area contributed by atoms with E-state index in [4.69, 9.17) is 78.3 Å². The van der Waals surface area contributed by atoms with E-state index >= 15 is 0 Å². The van der Waals surface area contributed by atoms with Gasteiger partial charge in [0, 0.05) is 27.8 Å². The Labute approximate surface area is 420 Å². The van der Waals surface area contributed by atoms with Crippen molar-refractivity contribution in [1.29, 1.82) is 0 Å². The van der Waals surface area contributed by atoms with Gasteiger partial charge >= 0.3 is 17.2 Å². The first-order valence-corrected chi connectivity index (χ1v) is 25.7. The molecule has 0 aliphatic rings. The molecule has 0 saturated heterocycles. The molecule has 0 aromatic heterocycles. The summed E-state index contributed by atoms with van der Waals surface area (Å²) in [5.41, 5.74) is 3.99. The highest BCUT2D eigenvalue weighted by Gasteiger charge is 2.39. The average Bonchev–Trinajstić information content (AvgIpc) is 3.21. The fraction of sp³-hybridized carbons (Fsp3) is 0.333. The summed E-state index contributed by atoms with van der Waals surface area (Å²) in [6.07, 6.45) is 0. The first kappa shape index (κ1) is 52.3. The molecule has 7 nitrogen and oxygen atoms in total. The molecule has 0 radical (unpaired) electrons. The van der Waals surface area contributed by atoms with Crippen LogP contribution < -0.4 is 31.9 Å². The van der Waals surface area contributed by atoms with E-state index in [1.165, 1.54) is 0 Å². The number of hydrogen-bond acceptors (Lipinski definition) is 7. The largest absolute Gasteiger partial charge is 0.530 e. The minimum atomic E-state index is -2.34. The predicted molar refractivity (Wildman–Crippen MR) is 281 cm³/mol. The van der Waals surface area contributed by atoms with Gasteiger partial charge in [0.1, 0.15) is 45.8 Å². The van der Waals surface area contributed by atoms with E-state index in [0.29, 0.717) is 65.9 Å². The van der Waals surface area contributed by atoms with E-state index in [1.807, 2.05) is 76.2 Å². The number of para-hydroxylation sites is 4. The molecule has 0 saturated carbocycles. The topological polar surface area (TPSA) is 64.6 Å². The van der Waals surface area contributed by atoms with E-state index in [-0.39, 0.29) is 5.41 Å². The Morgan fingerprint density at radius 1 is 0.358 bits per heavy atom. The number of rotatable bonds is 14. The van der Waals surface area contributed by atoms with Gasteiger partial charge in [0.15, 0.2) is 0 Å². The summed E-state index contributed by atoms with van der Waals surface area (Å²) in [5.74, 6) is 3.14. The maximum atomic E-state index is 7.34. The number of halogens is 4. The fourth-order valence-corrected chi connectivity index (χ4v) is 10.4. The first-order valence-electron chi connectivity index (χ1n) is 21.9. The molecule has 67 heavy (non-hydrogen) atoms. The fourth-order valence-electron chi connectivity index (χ4n) is 7.27. The molecule has 0 atom stereocenters. The zero-order valence-corrected chi connectivity index (χ0v) is 45.5. The molecule has 0 aliphatic heterocycles. The van der Waals surface area contributed by atoms with Crippen LogP contribution in [0.25, 0.3) is 11.1 Å². The number of benzene rings is 6. The SMILES string of the molecule is Cc1c(OC(C)(C)C)cc(C(C)(C)C)c(OP(Oc2ccccc2Cl)Oc2ccccc2Cl)c1-c1c(C)c(C(C)(C)C)cc(C(C)(C)C)c1OP(Oc1ccccc1Cl)Oc1ccccc1Cl. The zero-order chi connectivity index (χ0) is 49.2. The monoisotopic (exact) mass is 1020 g/mol. The van der Waals surface area contributed by atoms with Crippen LogP contribution in [0.5, 0.6) is 40.2 Å². The van der Waals surface area contributed by atoms with Gasteiger partial charge in [0.25, 0.3) is 0 Å².